The molecule has 0 unspecified atom stereocenters. The first kappa shape index (κ1) is 16.1. The van der Waals surface area contributed by atoms with Crippen molar-refractivity contribution in [2.75, 3.05) is 7.11 Å². The lowest BCUT2D eigenvalue weighted by atomic mass is 9.74. The molecule has 0 heterocycles. The van der Waals surface area contributed by atoms with Gasteiger partial charge in [0.15, 0.2) is 0 Å². The fourth-order valence-corrected chi connectivity index (χ4v) is 2.24. The lowest BCUT2D eigenvalue weighted by Crippen LogP contribution is -2.41. The highest BCUT2D eigenvalue weighted by molar-refractivity contribution is 6.03. The number of carbonyl (C=O) groups excluding carboxylic acids is 3. The Hall–Kier alpha value is -1.97. The minimum absolute atomic E-state index is 0.0485. The molecule has 0 bridgehead atoms. The molecule has 0 fully saturated rings. The molecule has 4 nitrogen and oxygen atoms in total. The highest BCUT2D eigenvalue weighted by Crippen LogP contribution is 2.32. The van der Waals surface area contributed by atoms with Gasteiger partial charge in [-0.05, 0) is 32.3 Å². The third kappa shape index (κ3) is 3.76. The average Bonchev–Trinajstić information content (AvgIpc) is 2.43. The predicted octanol–water partition coefficient (Wildman–Crippen LogP) is 2.35. The van der Waals surface area contributed by atoms with Crippen molar-refractivity contribution in [1.29, 1.82) is 0 Å². The minimum atomic E-state index is -1.28. The number of carbonyl (C=O) groups is 3. The van der Waals surface area contributed by atoms with Gasteiger partial charge in [0.05, 0.1) is 7.11 Å². The van der Waals surface area contributed by atoms with Gasteiger partial charge in [0.1, 0.15) is 17.0 Å². The van der Waals surface area contributed by atoms with Crippen LogP contribution in [0, 0.1) is 5.41 Å². The van der Waals surface area contributed by atoms with Gasteiger partial charge in [-0.1, -0.05) is 30.3 Å². The fraction of sp³-hybridized carbons (Fsp3) is 0.438. The Morgan fingerprint density at radius 1 is 1.10 bits per heavy atom. The Morgan fingerprint density at radius 3 is 2.15 bits per heavy atom. The van der Waals surface area contributed by atoms with Crippen LogP contribution in [0.4, 0.5) is 0 Å². The van der Waals surface area contributed by atoms with E-state index in [-0.39, 0.29) is 30.8 Å². The van der Waals surface area contributed by atoms with E-state index in [9.17, 15) is 14.4 Å². The van der Waals surface area contributed by atoms with Crippen LogP contribution in [0.2, 0.25) is 0 Å². The zero-order valence-corrected chi connectivity index (χ0v) is 12.1. The van der Waals surface area contributed by atoms with Gasteiger partial charge in [-0.3, -0.25) is 9.59 Å². The topological polar surface area (TPSA) is 60.4 Å². The Bertz CT molecular complexity index is 492. The van der Waals surface area contributed by atoms with E-state index in [0.29, 0.717) is 0 Å². The molecule has 0 saturated carbocycles. The molecule has 0 N–H and O–H groups in total. The molecule has 0 saturated heterocycles. The Balaban J connectivity index is 3.12. The van der Waals surface area contributed by atoms with Crippen molar-refractivity contribution in [3.63, 3.8) is 0 Å². The third-order valence-electron chi connectivity index (χ3n) is 3.50. The molecule has 0 aliphatic heterocycles. The van der Waals surface area contributed by atoms with E-state index in [4.69, 9.17) is 4.74 Å². The summed E-state index contributed by atoms with van der Waals surface area (Å²) in [4.78, 5) is 35.4. The number of ether oxygens (including phenoxy) is 1. The van der Waals surface area contributed by atoms with Gasteiger partial charge in [0, 0.05) is 6.42 Å². The van der Waals surface area contributed by atoms with Gasteiger partial charge in [-0.25, -0.2) is 0 Å². The summed E-state index contributed by atoms with van der Waals surface area (Å²) >= 11 is 0. The van der Waals surface area contributed by atoms with Crippen molar-refractivity contribution in [3.8, 4) is 0 Å². The summed E-state index contributed by atoms with van der Waals surface area (Å²) in [5, 5.41) is 0. The molecule has 0 aliphatic rings. The molecular formula is C16H20O4. The summed E-state index contributed by atoms with van der Waals surface area (Å²) in [6, 6.07) is 9.28. The lowest BCUT2D eigenvalue weighted by molar-refractivity contribution is -0.158. The highest BCUT2D eigenvalue weighted by atomic mass is 16.5. The molecule has 108 valence electrons. The predicted molar refractivity (Wildman–Crippen MR) is 75.2 cm³/mol. The van der Waals surface area contributed by atoms with Crippen molar-refractivity contribution in [1.82, 2.24) is 0 Å². The zero-order valence-electron chi connectivity index (χ0n) is 12.1. The second-order valence-electron chi connectivity index (χ2n) is 4.99. The molecule has 1 rings (SSSR count). The van der Waals surface area contributed by atoms with Crippen LogP contribution in [0.15, 0.2) is 30.3 Å². The molecular weight excluding hydrogens is 256 g/mol. The minimum Gasteiger partial charge on any atom is -0.468 e. The van der Waals surface area contributed by atoms with Gasteiger partial charge in [-0.2, -0.15) is 0 Å². The second-order valence-corrected chi connectivity index (χ2v) is 4.99. The van der Waals surface area contributed by atoms with Crippen LogP contribution in [0.1, 0.15) is 32.3 Å². The largest absolute Gasteiger partial charge is 0.468 e. The Labute approximate surface area is 119 Å². The number of methoxy groups -OCH3 is 1. The normalized spacial score (nSPS) is 13.3. The smallest absolute Gasteiger partial charge is 0.319 e. The summed E-state index contributed by atoms with van der Waals surface area (Å²) in [5.41, 5.74) is -0.404. The van der Waals surface area contributed by atoms with Crippen molar-refractivity contribution < 1.29 is 19.1 Å². The summed E-state index contributed by atoms with van der Waals surface area (Å²) in [7, 11) is 1.26. The number of hydrogen-bond acceptors (Lipinski definition) is 4. The second kappa shape index (κ2) is 6.98. The van der Waals surface area contributed by atoms with E-state index < -0.39 is 11.4 Å². The van der Waals surface area contributed by atoms with Crippen molar-refractivity contribution in [2.45, 2.75) is 33.1 Å². The number of Topliss-reactive ketones (excluding diaryl/α,β-unsaturated/α-hetero) is 2. The van der Waals surface area contributed by atoms with Crippen LogP contribution in [-0.2, 0) is 25.5 Å². The fourth-order valence-electron chi connectivity index (χ4n) is 2.24. The van der Waals surface area contributed by atoms with E-state index in [1.165, 1.54) is 21.0 Å². The van der Waals surface area contributed by atoms with Crippen molar-refractivity contribution >= 4 is 17.5 Å². The molecule has 0 radical (unpaired) electrons. The molecule has 4 heteroatoms. The lowest BCUT2D eigenvalue weighted by Gasteiger charge is -2.28. The first-order chi connectivity index (χ1) is 9.42. The quantitative estimate of drug-likeness (QED) is 0.566. The summed E-state index contributed by atoms with van der Waals surface area (Å²) in [6.45, 7) is 2.82. The van der Waals surface area contributed by atoms with Crippen molar-refractivity contribution in [2.24, 2.45) is 5.41 Å². The maximum atomic E-state index is 12.1. The molecule has 1 atom stereocenters. The number of rotatable bonds is 7. The number of ketones is 2. The third-order valence-corrected chi connectivity index (χ3v) is 3.50. The number of benzene rings is 1. The molecule has 20 heavy (non-hydrogen) atoms. The Kier molecular flexibility index (Phi) is 5.62. The van der Waals surface area contributed by atoms with Gasteiger partial charge in [0.2, 0.25) is 0 Å². The first-order valence-electron chi connectivity index (χ1n) is 6.55. The molecule has 0 amide bonds. The van der Waals surface area contributed by atoms with Crippen LogP contribution < -0.4 is 0 Å². The van der Waals surface area contributed by atoms with Gasteiger partial charge in [-0.15, -0.1) is 0 Å². The summed E-state index contributed by atoms with van der Waals surface area (Å²) < 4.78 is 4.81. The molecule has 0 aromatic heterocycles. The standard InChI is InChI=1S/C16H20O4/c1-12(17)9-10-16(13(2)18,15(19)20-3)11-14-7-5-4-6-8-14/h4-8H,9-11H2,1-3H3/t16-/m0/s1. The highest BCUT2D eigenvalue weighted by Gasteiger charge is 2.44. The number of esters is 1. The SMILES string of the molecule is COC(=O)[C@@](CCC(C)=O)(Cc1ccccc1)C(C)=O. The first-order valence-corrected chi connectivity index (χ1v) is 6.55. The van der Waals surface area contributed by atoms with Crippen LogP contribution in [-0.4, -0.2) is 24.6 Å². The number of hydrogen-bond donors (Lipinski definition) is 0. The van der Waals surface area contributed by atoms with Crippen LogP contribution >= 0.6 is 0 Å². The van der Waals surface area contributed by atoms with E-state index in [2.05, 4.69) is 0 Å². The van der Waals surface area contributed by atoms with E-state index in [1.807, 2.05) is 30.3 Å². The Morgan fingerprint density at radius 2 is 1.70 bits per heavy atom. The van der Waals surface area contributed by atoms with Crippen LogP contribution in [0.3, 0.4) is 0 Å². The zero-order chi connectivity index (χ0) is 15.2. The summed E-state index contributed by atoms with van der Waals surface area (Å²) in [6.07, 6.45) is 0.615. The maximum absolute atomic E-state index is 12.1. The maximum Gasteiger partial charge on any atom is 0.319 e. The molecule has 0 aliphatic carbocycles. The monoisotopic (exact) mass is 276 g/mol. The van der Waals surface area contributed by atoms with Crippen LogP contribution in [0.25, 0.3) is 0 Å². The van der Waals surface area contributed by atoms with E-state index >= 15 is 0 Å². The van der Waals surface area contributed by atoms with E-state index in [0.717, 1.165) is 5.56 Å². The van der Waals surface area contributed by atoms with Gasteiger partial charge in [0.25, 0.3) is 0 Å². The van der Waals surface area contributed by atoms with Gasteiger partial charge < -0.3 is 9.53 Å². The molecule has 1 aromatic rings. The molecule has 0 spiro atoms. The van der Waals surface area contributed by atoms with Gasteiger partial charge >= 0.3 is 5.97 Å². The van der Waals surface area contributed by atoms with E-state index in [1.54, 1.807) is 0 Å². The average molecular weight is 276 g/mol. The van der Waals surface area contributed by atoms with Crippen molar-refractivity contribution in [3.05, 3.63) is 35.9 Å². The molecule has 1 aromatic carbocycles. The summed E-state index contributed by atoms with van der Waals surface area (Å²) in [5.74, 6) is -0.892. The van der Waals surface area contributed by atoms with Crippen LogP contribution in [0.5, 0.6) is 0 Å².